The first-order chi connectivity index (χ1) is 15.3. The Bertz CT molecular complexity index is 1280. The second kappa shape index (κ2) is 8.04. The quantitative estimate of drug-likeness (QED) is 0.631. The van der Waals surface area contributed by atoms with Gasteiger partial charge in [0.2, 0.25) is 15.9 Å². The zero-order chi connectivity index (χ0) is 22.5. The molecular weight excluding hydrogens is 446 g/mol. The van der Waals surface area contributed by atoms with Crippen molar-refractivity contribution in [2.45, 2.75) is 17.7 Å². The van der Waals surface area contributed by atoms with Gasteiger partial charge in [-0.3, -0.25) is 9.78 Å². The summed E-state index contributed by atoms with van der Waals surface area (Å²) in [5, 5.41) is 5.87. The predicted octanol–water partition coefficient (Wildman–Crippen LogP) is 2.53. The standard InChI is InChI=1S/C22H23N5O3S2/c1-14-24-20(13-31-14)15-3-5-18-17(11-15)21(22(28)25-18)19-6-4-16(12-23-19)32(29,30)27-9-7-26(2)8-10-27/h3-6,11-13,21H,7-10H2,1-2H3,(H,25,28). The fraction of sp³-hybridized carbons (Fsp3) is 0.318. The van der Waals surface area contributed by atoms with Crippen LogP contribution in [0.15, 0.2) is 46.8 Å². The van der Waals surface area contributed by atoms with Gasteiger partial charge in [-0.2, -0.15) is 4.31 Å². The second-order valence-electron chi connectivity index (χ2n) is 8.10. The monoisotopic (exact) mass is 469 g/mol. The van der Waals surface area contributed by atoms with Crippen molar-refractivity contribution in [2.24, 2.45) is 0 Å². The average molecular weight is 470 g/mol. The number of nitrogens with one attached hydrogen (secondary N) is 1. The van der Waals surface area contributed by atoms with Crippen LogP contribution in [0.5, 0.6) is 0 Å². The number of aromatic nitrogens is 2. The number of hydrogen-bond donors (Lipinski definition) is 1. The summed E-state index contributed by atoms with van der Waals surface area (Å²) in [6.07, 6.45) is 1.36. The van der Waals surface area contributed by atoms with E-state index in [-0.39, 0.29) is 10.8 Å². The van der Waals surface area contributed by atoms with Gasteiger partial charge in [0.15, 0.2) is 0 Å². The Hall–Kier alpha value is -2.66. The highest BCUT2D eigenvalue weighted by Gasteiger charge is 2.34. The van der Waals surface area contributed by atoms with E-state index in [1.165, 1.54) is 10.5 Å². The van der Waals surface area contributed by atoms with Gasteiger partial charge in [0.25, 0.3) is 0 Å². The van der Waals surface area contributed by atoms with E-state index in [0.717, 1.165) is 27.5 Å². The fourth-order valence-corrected chi connectivity index (χ4v) is 6.09. The number of likely N-dealkylation sites (N-methyl/N-ethyl adjacent to an activating group) is 1. The summed E-state index contributed by atoms with van der Waals surface area (Å²) >= 11 is 1.58. The molecule has 1 N–H and O–H groups in total. The molecule has 0 bridgehead atoms. The van der Waals surface area contributed by atoms with E-state index in [4.69, 9.17) is 0 Å². The number of anilines is 1. The number of rotatable bonds is 4. The number of benzene rings is 1. The van der Waals surface area contributed by atoms with Gasteiger partial charge in [0.1, 0.15) is 10.8 Å². The van der Waals surface area contributed by atoms with Crippen LogP contribution in [0.2, 0.25) is 0 Å². The molecule has 166 valence electrons. The molecule has 2 aliphatic rings. The van der Waals surface area contributed by atoms with E-state index in [2.05, 4.69) is 20.2 Å². The number of carbonyl (C=O) groups excluding carboxylic acids is 1. The number of sulfonamides is 1. The van der Waals surface area contributed by atoms with Crippen LogP contribution in [0, 0.1) is 6.92 Å². The molecule has 1 atom stereocenters. The molecule has 0 aliphatic carbocycles. The highest BCUT2D eigenvalue weighted by molar-refractivity contribution is 7.89. The van der Waals surface area contributed by atoms with Crippen molar-refractivity contribution in [2.75, 3.05) is 38.5 Å². The number of piperazine rings is 1. The molecule has 0 spiro atoms. The third-order valence-electron chi connectivity index (χ3n) is 5.95. The maximum absolute atomic E-state index is 13.0. The minimum absolute atomic E-state index is 0.149. The molecular formula is C22H23N5O3S2. The van der Waals surface area contributed by atoms with Crippen molar-refractivity contribution in [3.05, 3.63) is 58.2 Å². The van der Waals surface area contributed by atoms with Crippen LogP contribution in [0.4, 0.5) is 5.69 Å². The molecule has 0 radical (unpaired) electrons. The number of fused-ring (bicyclic) bond motifs is 1. The SMILES string of the molecule is Cc1nc(-c2ccc3c(c2)C(c2ccc(S(=O)(=O)N4CCN(C)CC4)cn2)C(=O)N3)cs1. The highest BCUT2D eigenvalue weighted by Crippen LogP contribution is 2.39. The lowest BCUT2D eigenvalue weighted by atomic mass is 9.94. The van der Waals surface area contributed by atoms with Gasteiger partial charge in [0, 0.05) is 49.0 Å². The first-order valence-electron chi connectivity index (χ1n) is 10.3. The van der Waals surface area contributed by atoms with Gasteiger partial charge in [-0.05, 0) is 43.8 Å². The van der Waals surface area contributed by atoms with Gasteiger partial charge >= 0.3 is 0 Å². The molecule has 2 aromatic heterocycles. The lowest BCUT2D eigenvalue weighted by molar-refractivity contribution is -0.116. The van der Waals surface area contributed by atoms with E-state index in [9.17, 15) is 13.2 Å². The molecule has 1 unspecified atom stereocenters. The Balaban J connectivity index is 1.44. The van der Waals surface area contributed by atoms with E-state index < -0.39 is 15.9 Å². The Kier molecular flexibility index (Phi) is 5.32. The van der Waals surface area contributed by atoms with E-state index in [1.807, 2.05) is 37.6 Å². The number of amides is 1. The Morgan fingerprint density at radius 1 is 1.12 bits per heavy atom. The smallest absolute Gasteiger partial charge is 0.244 e. The molecule has 10 heteroatoms. The molecule has 32 heavy (non-hydrogen) atoms. The lowest BCUT2D eigenvalue weighted by Crippen LogP contribution is -2.47. The van der Waals surface area contributed by atoms with Gasteiger partial charge in [-0.25, -0.2) is 13.4 Å². The van der Waals surface area contributed by atoms with Gasteiger partial charge < -0.3 is 10.2 Å². The number of pyridine rings is 1. The third kappa shape index (κ3) is 3.73. The molecule has 0 saturated carbocycles. The summed E-state index contributed by atoms with van der Waals surface area (Å²) in [7, 11) is -1.63. The van der Waals surface area contributed by atoms with Crippen LogP contribution in [0.3, 0.4) is 0 Å². The Morgan fingerprint density at radius 3 is 2.56 bits per heavy atom. The minimum Gasteiger partial charge on any atom is -0.325 e. The van der Waals surface area contributed by atoms with Crippen LogP contribution in [-0.4, -0.2) is 66.7 Å². The van der Waals surface area contributed by atoms with Crippen molar-refractivity contribution < 1.29 is 13.2 Å². The van der Waals surface area contributed by atoms with Crippen LogP contribution in [0.25, 0.3) is 11.3 Å². The van der Waals surface area contributed by atoms with Crippen LogP contribution in [0.1, 0.15) is 22.2 Å². The second-order valence-corrected chi connectivity index (χ2v) is 11.1. The van der Waals surface area contributed by atoms with Crippen LogP contribution >= 0.6 is 11.3 Å². The molecule has 5 rings (SSSR count). The summed E-state index contributed by atoms with van der Waals surface area (Å²) in [5.74, 6) is -0.765. The summed E-state index contributed by atoms with van der Waals surface area (Å²) in [5.41, 5.74) is 3.89. The van der Waals surface area contributed by atoms with Crippen molar-refractivity contribution in [1.82, 2.24) is 19.2 Å². The van der Waals surface area contributed by atoms with Gasteiger partial charge in [-0.15, -0.1) is 11.3 Å². The molecule has 2 aliphatic heterocycles. The number of aryl methyl sites for hydroxylation is 1. The number of carbonyl (C=O) groups is 1. The van der Waals surface area contributed by atoms with E-state index in [0.29, 0.717) is 31.9 Å². The Labute approximate surface area is 191 Å². The predicted molar refractivity (Wildman–Crippen MR) is 123 cm³/mol. The van der Waals surface area contributed by atoms with Crippen LogP contribution < -0.4 is 5.32 Å². The van der Waals surface area contributed by atoms with Gasteiger partial charge in [0.05, 0.1) is 16.4 Å². The first-order valence-corrected chi connectivity index (χ1v) is 12.7. The van der Waals surface area contributed by atoms with Crippen molar-refractivity contribution in [3.63, 3.8) is 0 Å². The highest BCUT2D eigenvalue weighted by atomic mass is 32.2. The number of hydrogen-bond acceptors (Lipinski definition) is 7. The largest absolute Gasteiger partial charge is 0.325 e. The zero-order valence-corrected chi connectivity index (χ0v) is 19.4. The maximum Gasteiger partial charge on any atom is 0.244 e. The number of nitrogens with zero attached hydrogens (tertiary/aromatic N) is 4. The van der Waals surface area contributed by atoms with E-state index in [1.54, 1.807) is 23.5 Å². The van der Waals surface area contributed by atoms with Crippen molar-refractivity contribution >= 4 is 33.0 Å². The van der Waals surface area contributed by atoms with Crippen molar-refractivity contribution in [3.8, 4) is 11.3 Å². The third-order valence-corrected chi connectivity index (χ3v) is 8.61. The summed E-state index contributed by atoms with van der Waals surface area (Å²) in [6, 6.07) is 8.97. The summed E-state index contributed by atoms with van der Waals surface area (Å²) < 4.78 is 27.4. The minimum atomic E-state index is -3.60. The molecule has 1 fully saturated rings. The normalized spacial score (nSPS) is 19.7. The van der Waals surface area contributed by atoms with Crippen LogP contribution in [-0.2, 0) is 14.8 Å². The van der Waals surface area contributed by atoms with Crippen molar-refractivity contribution in [1.29, 1.82) is 0 Å². The Morgan fingerprint density at radius 2 is 1.91 bits per heavy atom. The molecule has 4 heterocycles. The van der Waals surface area contributed by atoms with E-state index >= 15 is 0 Å². The molecule has 8 nitrogen and oxygen atoms in total. The lowest BCUT2D eigenvalue weighted by Gasteiger charge is -2.31. The average Bonchev–Trinajstić information content (AvgIpc) is 3.36. The first kappa shape index (κ1) is 21.2. The summed E-state index contributed by atoms with van der Waals surface area (Å²) in [4.78, 5) is 23.9. The topological polar surface area (TPSA) is 95.5 Å². The maximum atomic E-state index is 13.0. The zero-order valence-electron chi connectivity index (χ0n) is 17.8. The summed E-state index contributed by atoms with van der Waals surface area (Å²) in [6.45, 7) is 4.27. The number of thiazole rings is 1. The molecule has 1 aromatic carbocycles. The molecule has 3 aromatic rings. The molecule has 1 amide bonds. The fourth-order valence-electron chi connectivity index (χ4n) is 4.10. The van der Waals surface area contributed by atoms with Gasteiger partial charge in [-0.1, -0.05) is 6.07 Å². The molecule has 1 saturated heterocycles.